The van der Waals surface area contributed by atoms with Crippen molar-refractivity contribution in [2.24, 2.45) is 0 Å². The molecule has 5 rings (SSSR count). The summed E-state index contributed by atoms with van der Waals surface area (Å²) in [6, 6.07) is 10.7. The number of likely N-dealkylation sites (N-methyl/N-ethyl adjacent to an activating group) is 1. The maximum atomic E-state index is 14.0. The van der Waals surface area contributed by atoms with Crippen LogP contribution in [0.1, 0.15) is 23.6 Å². The standard InChI is InChI=1S/C30H30F3N5O5/c1-18-23(20-4-3-19-6-8-26(40)35-25(19)13-20)16-43-29(42,17-39)27(18)36-28(41)34-22-7-5-21(24(14-22)30(31,32)33)15-38-11-9-37(2)10-12-38/h3-8,13-14,16-17,42H,9-12,15H2,1-2H3,(H,35,40)(H2,34,36,41). The Morgan fingerprint density at radius 1 is 1.09 bits per heavy atom. The van der Waals surface area contributed by atoms with Gasteiger partial charge in [0.1, 0.15) is 5.70 Å². The number of hydrogen-bond donors (Lipinski definition) is 4. The second-order valence-electron chi connectivity index (χ2n) is 10.6. The summed E-state index contributed by atoms with van der Waals surface area (Å²) in [6.07, 6.45) is -3.41. The second-order valence-corrected chi connectivity index (χ2v) is 10.6. The van der Waals surface area contributed by atoms with Gasteiger partial charge in [0.25, 0.3) is 0 Å². The van der Waals surface area contributed by atoms with Crippen LogP contribution in [-0.2, 0) is 22.3 Å². The Hall–Kier alpha value is -4.46. The van der Waals surface area contributed by atoms with Crippen molar-refractivity contribution in [1.29, 1.82) is 0 Å². The third-order valence-electron chi connectivity index (χ3n) is 7.59. The molecular formula is C30H30F3N5O5. The van der Waals surface area contributed by atoms with E-state index in [0.717, 1.165) is 30.8 Å². The second kappa shape index (κ2) is 11.7. The lowest BCUT2D eigenvalue weighted by molar-refractivity contribution is -0.159. The molecule has 3 heterocycles. The van der Waals surface area contributed by atoms with Gasteiger partial charge in [-0.3, -0.25) is 14.5 Å². The Labute approximate surface area is 244 Å². The van der Waals surface area contributed by atoms with Crippen LogP contribution in [0.3, 0.4) is 0 Å². The third kappa shape index (κ3) is 6.48. The number of H-pyrrole nitrogens is 1. The summed E-state index contributed by atoms with van der Waals surface area (Å²) in [5, 5.41) is 16.3. The lowest BCUT2D eigenvalue weighted by Crippen LogP contribution is -2.46. The van der Waals surface area contributed by atoms with Gasteiger partial charge in [-0.25, -0.2) is 4.79 Å². The van der Waals surface area contributed by atoms with E-state index in [-0.39, 0.29) is 40.9 Å². The number of alkyl halides is 3. The largest absolute Gasteiger partial charge is 0.457 e. The Bertz CT molecular complexity index is 1690. The first-order valence-corrected chi connectivity index (χ1v) is 13.5. The Balaban J connectivity index is 1.39. The van der Waals surface area contributed by atoms with E-state index < -0.39 is 23.6 Å². The van der Waals surface area contributed by atoms with Crippen LogP contribution >= 0.6 is 0 Å². The molecule has 10 nitrogen and oxygen atoms in total. The number of nitrogens with one attached hydrogen (secondary N) is 3. The molecule has 1 unspecified atom stereocenters. The molecule has 43 heavy (non-hydrogen) atoms. The fourth-order valence-corrected chi connectivity index (χ4v) is 5.15. The lowest BCUT2D eigenvalue weighted by atomic mass is 9.93. The van der Waals surface area contributed by atoms with Crippen LogP contribution in [0.5, 0.6) is 0 Å². The number of carbonyl (C=O) groups is 2. The predicted molar refractivity (Wildman–Crippen MR) is 154 cm³/mol. The molecule has 1 aromatic heterocycles. The number of rotatable bonds is 6. The van der Waals surface area contributed by atoms with E-state index >= 15 is 0 Å². The third-order valence-corrected chi connectivity index (χ3v) is 7.59. The highest BCUT2D eigenvalue weighted by molar-refractivity contribution is 5.94. The highest BCUT2D eigenvalue weighted by Gasteiger charge is 2.40. The van der Waals surface area contributed by atoms with Gasteiger partial charge in [-0.1, -0.05) is 18.2 Å². The number of halogens is 3. The van der Waals surface area contributed by atoms with Gasteiger partial charge in [-0.05, 0) is 60.3 Å². The minimum absolute atomic E-state index is 0.0871. The normalized spacial score (nSPS) is 20.0. The average molecular weight is 598 g/mol. The van der Waals surface area contributed by atoms with E-state index in [9.17, 15) is 32.7 Å². The van der Waals surface area contributed by atoms with E-state index in [1.165, 1.54) is 25.1 Å². The number of benzene rings is 2. The number of aromatic nitrogens is 1. The number of aliphatic hydroxyl groups is 1. The molecule has 226 valence electrons. The lowest BCUT2D eigenvalue weighted by Gasteiger charge is -2.33. The molecule has 1 atom stereocenters. The molecule has 2 amide bonds. The van der Waals surface area contributed by atoms with Crippen molar-refractivity contribution in [3.05, 3.63) is 93.1 Å². The van der Waals surface area contributed by atoms with Crippen molar-refractivity contribution in [2.75, 3.05) is 38.5 Å². The van der Waals surface area contributed by atoms with E-state index in [1.54, 1.807) is 24.3 Å². The Morgan fingerprint density at radius 2 is 1.81 bits per heavy atom. The van der Waals surface area contributed by atoms with Gasteiger partial charge in [-0.15, -0.1) is 0 Å². The van der Waals surface area contributed by atoms with Crippen LogP contribution in [0, 0.1) is 0 Å². The molecule has 2 aromatic carbocycles. The zero-order valence-corrected chi connectivity index (χ0v) is 23.4. The van der Waals surface area contributed by atoms with Crippen molar-refractivity contribution in [3.8, 4) is 0 Å². The van der Waals surface area contributed by atoms with Crippen LogP contribution in [0.15, 0.2) is 70.9 Å². The van der Waals surface area contributed by atoms with E-state index in [2.05, 4.69) is 20.5 Å². The zero-order valence-electron chi connectivity index (χ0n) is 23.4. The van der Waals surface area contributed by atoms with Gasteiger partial charge >= 0.3 is 18.0 Å². The van der Waals surface area contributed by atoms with Gasteiger partial charge in [0.05, 0.1) is 11.8 Å². The van der Waals surface area contributed by atoms with Crippen LogP contribution in [0.4, 0.5) is 23.7 Å². The number of aldehydes is 1. The van der Waals surface area contributed by atoms with Crippen molar-refractivity contribution >= 4 is 34.5 Å². The highest BCUT2D eigenvalue weighted by atomic mass is 19.4. The fourth-order valence-electron chi connectivity index (χ4n) is 5.15. The first kappa shape index (κ1) is 30.0. The molecule has 0 bridgehead atoms. The van der Waals surface area contributed by atoms with E-state index in [1.807, 2.05) is 11.9 Å². The van der Waals surface area contributed by atoms with Crippen molar-refractivity contribution < 1.29 is 32.6 Å². The summed E-state index contributed by atoms with van der Waals surface area (Å²) in [7, 11) is 1.96. The number of nitrogens with zero attached hydrogens (tertiary/aromatic N) is 2. The molecule has 3 aromatic rings. The first-order chi connectivity index (χ1) is 20.4. The number of pyridine rings is 1. The molecule has 2 aliphatic heterocycles. The average Bonchev–Trinajstić information content (AvgIpc) is 2.96. The summed E-state index contributed by atoms with van der Waals surface area (Å²) in [5.41, 5.74) is 0.180. The Morgan fingerprint density at radius 3 is 2.51 bits per heavy atom. The fraction of sp³-hybridized carbons (Fsp3) is 0.300. The van der Waals surface area contributed by atoms with Gasteiger partial charge in [-0.2, -0.15) is 13.2 Å². The number of amides is 2. The van der Waals surface area contributed by atoms with E-state index in [4.69, 9.17) is 4.74 Å². The summed E-state index contributed by atoms with van der Waals surface area (Å²) in [6.45, 7) is 4.43. The quantitative estimate of drug-likeness (QED) is 0.320. The molecule has 0 saturated carbocycles. The minimum atomic E-state index is -4.66. The smallest absolute Gasteiger partial charge is 0.416 e. The van der Waals surface area contributed by atoms with Gasteiger partial charge in [0, 0.05) is 55.6 Å². The number of ether oxygens (including phenoxy) is 1. The molecule has 13 heteroatoms. The molecule has 0 spiro atoms. The van der Waals surface area contributed by atoms with Gasteiger partial charge < -0.3 is 30.4 Å². The van der Waals surface area contributed by atoms with Crippen LogP contribution < -0.4 is 16.2 Å². The van der Waals surface area contributed by atoms with Gasteiger partial charge in [0.15, 0.2) is 6.29 Å². The maximum absolute atomic E-state index is 14.0. The molecule has 4 N–H and O–H groups in total. The highest BCUT2D eigenvalue weighted by Crippen LogP contribution is 2.36. The Kier molecular flexibility index (Phi) is 8.14. The van der Waals surface area contributed by atoms with E-state index in [0.29, 0.717) is 29.7 Å². The van der Waals surface area contributed by atoms with Crippen molar-refractivity contribution in [3.63, 3.8) is 0 Å². The number of aromatic amines is 1. The van der Waals surface area contributed by atoms with Crippen molar-refractivity contribution in [1.82, 2.24) is 20.1 Å². The summed E-state index contributed by atoms with van der Waals surface area (Å²) >= 11 is 0. The SMILES string of the molecule is CC1=C(NC(=O)Nc2ccc(CN3CCN(C)CC3)c(C(F)(F)F)c2)C(O)(C=O)OC=C1c1ccc2ccc(=O)[nH]c2c1. The maximum Gasteiger partial charge on any atom is 0.416 e. The molecule has 2 aliphatic rings. The first-order valence-electron chi connectivity index (χ1n) is 13.5. The molecule has 1 fully saturated rings. The number of carbonyl (C=O) groups excluding carboxylic acids is 2. The molecule has 0 radical (unpaired) electrons. The number of anilines is 1. The predicted octanol–water partition coefficient (Wildman–Crippen LogP) is 3.65. The zero-order chi connectivity index (χ0) is 30.9. The number of fused-ring (bicyclic) bond motifs is 1. The van der Waals surface area contributed by atoms with Crippen LogP contribution in [0.2, 0.25) is 0 Å². The summed E-state index contributed by atoms with van der Waals surface area (Å²) < 4.78 is 47.3. The summed E-state index contributed by atoms with van der Waals surface area (Å²) in [4.78, 5) is 43.4. The number of hydrogen-bond acceptors (Lipinski definition) is 7. The summed E-state index contributed by atoms with van der Waals surface area (Å²) in [5.74, 6) is -2.56. The van der Waals surface area contributed by atoms with Crippen LogP contribution in [0.25, 0.3) is 16.5 Å². The molecule has 0 aliphatic carbocycles. The number of urea groups is 1. The van der Waals surface area contributed by atoms with Gasteiger partial charge in [0.2, 0.25) is 5.56 Å². The minimum Gasteiger partial charge on any atom is -0.457 e. The van der Waals surface area contributed by atoms with Crippen LogP contribution in [-0.4, -0.2) is 71.2 Å². The monoisotopic (exact) mass is 597 g/mol. The molecular weight excluding hydrogens is 567 g/mol. The van der Waals surface area contributed by atoms with Crippen molar-refractivity contribution in [2.45, 2.75) is 25.4 Å². The molecule has 1 saturated heterocycles. The topological polar surface area (TPSA) is 127 Å². The number of piperazine rings is 1. The number of allylic oxidation sites excluding steroid dienone is 2.